The van der Waals surface area contributed by atoms with Crippen molar-refractivity contribution in [2.45, 2.75) is 86.3 Å². The molecule has 305 valence electrons. The molecule has 8 aromatic rings. The summed E-state index contributed by atoms with van der Waals surface area (Å²) in [4.78, 5) is 9.68. The van der Waals surface area contributed by atoms with E-state index >= 15 is 0 Å². The average molecular weight is 974 g/mol. The Morgan fingerprint density at radius 3 is 2.10 bits per heavy atom. The van der Waals surface area contributed by atoms with Gasteiger partial charge in [-0.05, 0) is 81.9 Å². The van der Waals surface area contributed by atoms with E-state index < -0.39 is 14.4 Å². The number of aromatic nitrogens is 3. The molecule has 6 heteroatoms. The molecule has 59 heavy (non-hydrogen) atoms. The summed E-state index contributed by atoms with van der Waals surface area (Å²) in [5.74, 6) is 1.24. The van der Waals surface area contributed by atoms with Crippen molar-refractivity contribution in [2.75, 3.05) is 0 Å². The van der Waals surface area contributed by atoms with Crippen LogP contribution in [0.25, 0.3) is 61.5 Å². The van der Waals surface area contributed by atoms with Crippen LogP contribution in [0.5, 0.6) is 0 Å². The Hall–Kier alpha value is -4.87. The molecule has 3 aromatic heterocycles. The molecule has 4 nitrogen and oxygen atoms in total. The van der Waals surface area contributed by atoms with E-state index in [1.165, 1.54) is 21.9 Å². The van der Waals surface area contributed by atoms with Crippen LogP contribution in [-0.4, -0.2) is 22.6 Å². The third kappa shape index (κ3) is 10.1. The zero-order valence-corrected chi connectivity index (χ0v) is 39.5. The van der Waals surface area contributed by atoms with E-state index in [0.29, 0.717) is 17.1 Å². The molecule has 8 rings (SSSR count). The SMILES string of the molecule is CC(C)Cc1cc(-c2[c-]cccc2)ncc1[Si](C)(C)C.[2H]C([2H])(c1ccc2c(-c3nc4ccccc4n3-c3ccc(-c4ccc(C(C)(C)C)cc4)cc3)[c-]oc2c1)C(C)C.[Ir]. The van der Waals surface area contributed by atoms with E-state index in [4.69, 9.17) is 12.1 Å². The second-order valence-electron chi connectivity index (χ2n) is 18.1. The number of rotatable bonds is 9. The molecule has 0 unspecified atom stereocenters. The van der Waals surface area contributed by atoms with Gasteiger partial charge >= 0.3 is 0 Å². The van der Waals surface area contributed by atoms with E-state index in [0.717, 1.165) is 56.7 Å². The maximum atomic E-state index is 8.50. The molecule has 3 heterocycles. The number of para-hydroxylation sites is 2. The minimum Gasteiger partial charge on any atom is -0.557 e. The molecule has 0 amide bonds. The number of hydrogen-bond acceptors (Lipinski definition) is 3. The Morgan fingerprint density at radius 1 is 0.797 bits per heavy atom. The van der Waals surface area contributed by atoms with Crippen LogP contribution in [0.4, 0.5) is 0 Å². The number of imidazole rings is 1. The van der Waals surface area contributed by atoms with Crippen LogP contribution in [0.2, 0.25) is 19.6 Å². The first-order valence-corrected chi connectivity index (χ1v) is 24.0. The quantitative estimate of drug-likeness (QED) is 0.107. The fourth-order valence-corrected chi connectivity index (χ4v) is 9.05. The van der Waals surface area contributed by atoms with E-state index in [1.807, 2.05) is 62.4 Å². The fourth-order valence-electron chi connectivity index (χ4n) is 7.47. The molecule has 0 fully saturated rings. The predicted octanol–water partition coefficient (Wildman–Crippen LogP) is 13.7. The molecule has 0 N–H and O–H groups in total. The third-order valence-corrected chi connectivity index (χ3v) is 12.4. The minimum atomic E-state index is -1.46. The first-order valence-electron chi connectivity index (χ1n) is 21.5. The molecule has 0 saturated heterocycles. The summed E-state index contributed by atoms with van der Waals surface area (Å²) in [5, 5.41) is 2.35. The van der Waals surface area contributed by atoms with Crippen molar-refractivity contribution < 1.29 is 27.3 Å². The summed E-state index contributed by atoms with van der Waals surface area (Å²) in [5.41, 5.74) is 12.2. The summed E-state index contributed by atoms with van der Waals surface area (Å²) < 4.78 is 25.0. The van der Waals surface area contributed by atoms with Crippen molar-refractivity contribution in [3.05, 3.63) is 157 Å². The Morgan fingerprint density at radius 2 is 1.47 bits per heavy atom. The standard InChI is InChI=1S/C35H33N2O.C18H24NSi.Ir/c1-23(2)20-24-10-19-29-30(22-38-33(29)21-24)34-36-31-8-6-7-9-32(31)37(34)28-17-13-26(14-18-28)25-11-15-27(16-12-25)35(3,4)5;1-14(2)11-16-12-17(15-9-7-6-8-10-15)19-13-18(16)20(3,4)5;/h6-19,21,23H,20H2,1-5H3;6-9,12-14H,11H2,1-5H3;/q2*-1;/i20D2;;. The van der Waals surface area contributed by atoms with Crippen molar-refractivity contribution in [1.82, 2.24) is 14.5 Å². The fraction of sp³-hybridized carbons (Fsp3) is 0.283. The predicted molar refractivity (Wildman–Crippen MR) is 248 cm³/mol. The van der Waals surface area contributed by atoms with Gasteiger partial charge in [-0.1, -0.05) is 157 Å². The molecule has 5 aromatic carbocycles. The monoisotopic (exact) mass is 974 g/mol. The van der Waals surface area contributed by atoms with Gasteiger partial charge in [-0.2, -0.15) is 0 Å². The molecule has 0 aliphatic rings. The molecule has 0 atom stereocenters. The molecule has 0 spiro atoms. The number of pyridine rings is 1. The topological polar surface area (TPSA) is 43.9 Å². The van der Waals surface area contributed by atoms with E-state index in [1.54, 1.807) is 6.07 Å². The largest absolute Gasteiger partial charge is 0.557 e. The van der Waals surface area contributed by atoms with E-state index in [-0.39, 0.29) is 31.4 Å². The van der Waals surface area contributed by atoms with Crippen molar-refractivity contribution in [3.8, 4) is 39.5 Å². The van der Waals surface area contributed by atoms with Crippen LogP contribution in [0, 0.1) is 24.2 Å². The molecule has 0 bridgehead atoms. The first-order chi connectivity index (χ1) is 28.4. The maximum Gasteiger partial charge on any atom is 0.0798 e. The summed E-state index contributed by atoms with van der Waals surface area (Å²) in [6.45, 7) is 22.2. The van der Waals surface area contributed by atoms with Crippen LogP contribution < -0.4 is 5.19 Å². The Labute approximate surface area is 369 Å². The van der Waals surface area contributed by atoms with Gasteiger partial charge in [0, 0.05) is 46.6 Å². The number of fused-ring (bicyclic) bond motifs is 2. The molecule has 0 saturated carbocycles. The van der Waals surface area contributed by atoms with Gasteiger partial charge in [-0.25, -0.2) is 0 Å². The van der Waals surface area contributed by atoms with Crippen LogP contribution >= 0.6 is 0 Å². The zero-order chi connectivity index (χ0) is 43.0. The Kier molecular flexibility index (Phi) is 12.6. The summed E-state index contributed by atoms with van der Waals surface area (Å²) in [6, 6.07) is 44.6. The van der Waals surface area contributed by atoms with Crippen molar-refractivity contribution >= 4 is 35.3 Å². The first kappa shape index (κ1) is 40.9. The normalized spacial score (nSPS) is 12.6. The second kappa shape index (κ2) is 18.2. The van der Waals surface area contributed by atoms with E-state index in [2.05, 4.69) is 149 Å². The van der Waals surface area contributed by atoms with Gasteiger partial charge in [0.1, 0.15) is 0 Å². The smallest absolute Gasteiger partial charge is 0.0798 e. The maximum absolute atomic E-state index is 8.50. The van der Waals surface area contributed by atoms with Crippen LogP contribution in [0.15, 0.2) is 132 Å². The van der Waals surface area contributed by atoms with Gasteiger partial charge in [0.25, 0.3) is 0 Å². The zero-order valence-electron chi connectivity index (χ0n) is 38.1. The van der Waals surface area contributed by atoms with Crippen LogP contribution in [-0.2, 0) is 38.3 Å². The molecule has 0 aliphatic heterocycles. The van der Waals surface area contributed by atoms with Crippen LogP contribution in [0.3, 0.4) is 0 Å². The number of furan rings is 1. The van der Waals surface area contributed by atoms with Gasteiger partial charge in [0.15, 0.2) is 0 Å². The van der Waals surface area contributed by atoms with Gasteiger partial charge in [0.05, 0.1) is 24.9 Å². The second-order valence-corrected chi connectivity index (χ2v) is 23.1. The van der Waals surface area contributed by atoms with Gasteiger partial charge in [-0.3, -0.25) is 4.98 Å². The van der Waals surface area contributed by atoms with E-state index in [9.17, 15) is 0 Å². The number of benzene rings is 5. The minimum absolute atomic E-state index is 0. The van der Waals surface area contributed by atoms with Crippen molar-refractivity contribution in [3.63, 3.8) is 0 Å². The molecule has 1 radical (unpaired) electrons. The van der Waals surface area contributed by atoms with Crippen LogP contribution in [0.1, 0.15) is 67.9 Å². The van der Waals surface area contributed by atoms with Gasteiger partial charge in [0.2, 0.25) is 0 Å². The Balaban J connectivity index is 0.000000250. The molecular formula is C53H57IrN3OSi-2. The number of hydrogen-bond donors (Lipinski definition) is 0. The van der Waals surface area contributed by atoms with Crippen molar-refractivity contribution in [2.24, 2.45) is 11.8 Å². The van der Waals surface area contributed by atoms with Gasteiger partial charge < -0.3 is 14.0 Å². The third-order valence-electron chi connectivity index (χ3n) is 10.4. The summed E-state index contributed by atoms with van der Waals surface area (Å²) in [6.07, 6.45) is 4.87. The summed E-state index contributed by atoms with van der Waals surface area (Å²) in [7, 11) is -1.34. The number of nitrogens with zero attached hydrogens (tertiary/aromatic N) is 3. The average Bonchev–Trinajstić information content (AvgIpc) is 3.82. The van der Waals surface area contributed by atoms with Gasteiger partial charge in [-0.15, -0.1) is 42.0 Å². The molecule has 0 aliphatic carbocycles. The van der Waals surface area contributed by atoms with Crippen molar-refractivity contribution in [1.29, 1.82) is 0 Å². The Bertz CT molecular complexity index is 2720. The summed E-state index contributed by atoms with van der Waals surface area (Å²) >= 11 is 0. The molecular weight excluding hydrogens is 915 g/mol.